The van der Waals surface area contributed by atoms with Crippen LogP contribution in [0.4, 0.5) is 0 Å². The van der Waals surface area contributed by atoms with Gasteiger partial charge in [-0.2, -0.15) is 0 Å². The number of hydrogen-bond donors (Lipinski definition) is 2. The number of rotatable bonds is 6. The monoisotopic (exact) mass is 171 g/mol. The minimum Gasteiger partial charge on any atom is -0.393 e. The van der Waals surface area contributed by atoms with E-state index in [0.717, 1.165) is 31.8 Å². The van der Waals surface area contributed by atoms with Crippen LogP contribution in [-0.2, 0) is 0 Å². The SMILES string of the molecule is CCC(O)CCNCC1CCC1. The van der Waals surface area contributed by atoms with Crippen molar-refractivity contribution < 1.29 is 5.11 Å². The summed E-state index contributed by atoms with van der Waals surface area (Å²) in [6.07, 6.45) is 5.92. The molecule has 0 saturated heterocycles. The highest BCUT2D eigenvalue weighted by Gasteiger charge is 2.16. The third-order valence-electron chi connectivity index (χ3n) is 2.78. The van der Waals surface area contributed by atoms with Crippen molar-refractivity contribution in [3.8, 4) is 0 Å². The molecule has 0 radical (unpaired) electrons. The molecule has 1 rings (SSSR count). The smallest absolute Gasteiger partial charge is 0.0549 e. The van der Waals surface area contributed by atoms with E-state index < -0.39 is 0 Å². The van der Waals surface area contributed by atoms with Gasteiger partial charge >= 0.3 is 0 Å². The number of aliphatic hydroxyl groups excluding tert-OH is 1. The maximum atomic E-state index is 9.25. The lowest BCUT2D eigenvalue weighted by molar-refractivity contribution is 0.158. The second-order valence-corrected chi connectivity index (χ2v) is 3.85. The van der Waals surface area contributed by atoms with Crippen LogP contribution >= 0.6 is 0 Å². The van der Waals surface area contributed by atoms with Crippen LogP contribution in [0.1, 0.15) is 39.0 Å². The first-order valence-electron chi connectivity index (χ1n) is 5.21. The molecule has 0 aromatic rings. The van der Waals surface area contributed by atoms with Crippen molar-refractivity contribution in [1.29, 1.82) is 0 Å². The summed E-state index contributed by atoms with van der Waals surface area (Å²) in [5.74, 6) is 0.934. The molecule has 0 spiro atoms. The fourth-order valence-electron chi connectivity index (χ4n) is 1.48. The van der Waals surface area contributed by atoms with Gasteiger partial charge < -0.3 is 10.4 Å². The van der Waals surface area contributed by atoms with Crippen molar-refractivity contribution in [3.05, 3.63) is 0 Å². The third-order valence-corrected chi connectivity index (χ3v) is 2.78. The molecule has 1 aliphatic rings. The van der Waals surface area contributed by atoms with E-state index in [1.165, 1.54) is 19.3 Å². The summed E-state index contributed by atoms with van der Waals surface area (Å²) >= 11 is 0. The molecule has 0 bridgehead atoms. The van der Waals surface area contributed by atoms with Gasteiger partial charge in [-0.25, -0.2) is 0 Å². The molecule has 0 aromatic heterocycles. The zero-order chi connectivity index (χ0) is 8.81. The first-order chi connectivity index (χ1) is 5.83. The highest BCUT2D eigenvalue weighted by atomic mass is 16.3. The topological polar surface area (TPSA) is 32.3 Å². The van der Waals surface area contributed by atoms with Gasteiger partial charge in [0.1, 0.15) is 0 Å². The Bertz CT molecular complexity index is 106. The Hall–Kier alpha value is -0.0800. The van der Waals surface area contributed by atoms with Crippen molar-refractivity contribution in [1.82, 2.24) is 5.32 Å². The second-order valence-electron chi connectivity index (χ2n) is 3.85. The van der Waals surface area contributed by atoms with Crippen LogP contribution in [0.3, 0.4) is 0 Å². The van der Waals surface area contributed by atoms with E-state index in [9.17, 15) is 5.11 Å². The van der Waals surface area contributed by atoms with Crippen molar-refractivity contribution in [2.75, 3.05) is 13.1 Å². The molecule has 2 nitrogen and oxygen atoms in total. The Balaban J connectivity index is 1.82. The molecular weight excluding hydrogens is 150 g/mol. The fourth-order valence-corrected chi connectivity index (χ4v) is 1.48. The molecule has 2 heteroatoms. The van der Waals surface area contributed by atoms with E-state index in [4.69, 9.17) is 0 Å². The van der Waals surface area contributed by atoms with E-state index in [2.05, 4.69) is 5.32 Å². The van der Waals surface area contributed by atoms with Crippen molar-refractivity contribution in [2.24, 2.45) is 5.92 Å². The Morgan fingerprint density at radius 1 is 1.50 bits per heavy atom. The predicted molar refractivity (Wildman–Crippen MR) is 51.1 cm³/mol. The van der Waals surface area contributed by atoms with E-state index in [1.807, 2.05) is 6.92 Å². The molecule has 12 heavy (non-hydrogen) atoms. The molecule has 0 aromatic carbocycles. The van der Waals surface area contributed by atoms with Gasteiger partial charge in [-0.15, -0.1) is 0 Å². The summed E-state index contributed by atoms with van der Waals surface area (Å²) < 4.78 is 0. The van der Waals surface area contributed by atoms with Crippen LogP contribution in [0, 0.1) is 5.92 Å². The zero-order valence-corrected chi connectivity index (χ0v) is 8.05. The first-order valence-corrected chi connectivity index (χ1v) is 5.21. The lowest BCUT2D eigenvalue weighted by Crippen LogP contribution is -2.29. The maximum absolute atomic E-state index is 9.25. The Kier molecular flexibility index (Phi) is 4.62. The zero-order valence-electron chi connectivity index (χ0n) is 8.05. The van der Waals surface area contributed by atoms with Crippen molar-refractivity contribution in [3.63, 3.8) is 0 Å². The Morgan fingerprint density at radius 3 is 2.75 bits per heavy atom. The number of nitrogens with one attached hydrogen (secondary N) is 1. The highest BCUT2D eigenvalue weighted by Crippen LogP contribution is 2.24. The van der Waals surface area contributed by atoms with E-state index >= 15 is 0 Å². The lowest BCUT2D eigenvalue weighted by atomic mass is 9.85. The van der Waals surface area contributed by atoms with Crippen molar-refractivity contribution in [2.45, 2.75) is 45.1 Å². The van der Waals surface area contributed by atoms with Crippen LogP contribution < -0.4 is 5.32 Å². The largest absolute Gasteiger partial charge is 0.393 e. The maximum Gasteiger partial charge on any atom is 0.0549 e. The number of aliphatic hydroxyl groups is 1. The van der Waals surface area contributed by atoms with Gasteiger partial charge in [-0.05, 0) is 44.7 Å². The summed E-state index contributed by atoms with van der Waals surface area (Å²) in [5, 5.41) is 12.6. The van der Waals surface area contributed by atoms with E-state index in [-0.39, 0.29) is 6.10 Å². The van der Waals surface area contributed by atoms with Gasteiger partial charge in [0.15, 0.2) is 0 Å². The van der Waals surface area contributed by atoms with Crippen LogP contribution in [-0.4, -0.2) is 24.3 Å². The van der Waals surface area contributed by atoms with Crippen LogP contribution in [0.5, 0.6) is 0 Å². The molecule has 0 amide bonds. The van der Waals surface area contributed by atoms with Crippen LogP contribution in [0.2, 0.25) is 0 Å². The summed E-state index contributed by atoms with van der Waals surface area (Å²) in [4.78, 5) is 0. The fraction of sp³-hybridized carbons (Fsp3) is 1.00. The summed E-state index contributed by atoms with van der Waals surface area (Å²) in [7, 11) is 0. The average molecular weight is 171 g/mol. The van der Waals surface area contributed by atoms with E-state index in [1.54, 1.807) is 0 Å². The summed E-state index contributed by atoms with van der Waals surface area (Å²) in [6, 6.07) is 0. The third kappa shape index (κ3) is 3.55. The van der Waals surface area contributed by atoms with Gasteiger partial charge in [0.25, 0.3) is 0 Å². The molecule has 0 aliphatic heterocycles. The van der Waals surface area contributed by atoms with Crippen LogP contribution in [0.15, 0.2) is 0 Å². The van der Waals surface area contributed by atoms with Crippen molar-refractivity contribution >= 4 is 0 Å². The first kappa shape index (κ1) is 10.0. The molecule has 1 aliphatic carbocycles. The minimum absolute atomic E-state index is 0.0982. The predicted octanol–water partition coefficient (Wildman–Crippen LogP) is 1.54. The second kappa shape index (κ2) is 5.55. The summed E-state index contributed by atoms with van der Waals surface area (Å²) in [5.41, 5.74) is 0. The molecule has 0 heterocycles. The van der Waals surface area contributed by atoms with Gasteiger partial charge in [-0.3, -0.25) is 0 Å². The Morgan fingerprint density at radius 2 is 2.25 bits per heavy atom. The van der Waals surface area contributed by atoms with Crippen LogP contribution in [0.25, 0.3) is 0 Å². The molecule has 1 fully saturated rings. The standard InChI is InChI=1S/C10H21NO/c1-2-10(12)6-7-11-8-9-4-3-5-9/h9-12H,2-8H2,1H3. The molecule has 1 saturated carbocycles. The molecule has 2 N–H and O–H groups in total. The molecular formula is C10H21NO. The minimum atomic E-state index is -0.0982. The number of hydrogen-bond acceptors (Lipinski definition) is 2. The lowest BCUT2D eigenvalue weighted by Gasteiger charge is -2.25. The quantitative estimate of drug-likeness (QED) is 0.594. The highest BCUT2D eigenvalue weighted by molar-refractivity contribution is 4.71. The summed E-state index contributed by atoms with van der Waals surface area (Å²) in [6.45, 7) is 4.17. The molecule has 1 atom stereocenters. The normalized spacial score (nSPS) is 20.5. The average Bonchev–Trinajstić information content (AvgIpc) is 2.00. The molecule has 72 valence electrons. The van der Waals surface area contributed by atoms with Gasteiger partial charge in [0.2, 0.25) is 0 Å². The van der Waals surface area contributed by atoms with Gasteiger partial charge in [0.05, 0.1) is 6.10 Å². The Labute approximate surface area is 75.4 Å². The van der Waals surface area contributed by atoms with Gasteiger partial charge in [0, 0.05) is 0 Å². The van der Waals surface area contributed by atoms with Gasteiger partial charge in [-0.1, -0.05) is 13.3 Å². The molecule has 1 unspecified atom stereocenters. The van der Waals surface area contributed by atoms with E-state index in [0.29, 0.717) is 0 Å².